The van der Waals surface area contributed by atoms with E-state index in [1.165, 1.54) is 0 Å². The van der Waals surface area contributed by atoms with Gasteiger partial charge in [0, 0.05) is 0 Å². The standard InChI is InChI=1S/C16H21N3O2/c17-16(9-4-5-10-16)15-18-14(21-19-15)8-11-20-12-13-6-2-1-3-7-13/h1-3,6-7H,4-5,8-12,17H2. The highest BCUT2D eigenvalue weighted by Gasteiger charge is 2.35. The zero-order chi connectivity index (χ0) is 14.5. The lowest BCUT2D eigenvalue weighted by molar-refractivity contribution is 0.118. The van der Waals surface area contributed by atoms with Gasteiger partial charge in [-0.05, 0) is 18.4 Å². The topological polar surface area (TPSA) is 74.2 Å². The second-order valence-electron chi connectivity index (χ2n) is 5.66. The molecule has 1 saturated carbocycles. The summed E-state index contributed by atoms with van der Waals surface area (Å²) in [7, 11) is 0. The van der Waals surface area contributed by atoms with Crippen molar-refractivity contribution in [3.63, 3.8) is 0 Å². The SMILES string of the molecule is NC1(c2noc(CCOCc3ccccc3)n2)CCCC1. The van der Waals surface area contributed by atoms with Gasteiger partial charge in [0.1, 0.15) is 0 Å². The van der Waals surface area contributed by atoms with Crippen LogP contribution in [0.1, 0.15) is 43.0 Å². The highest BCUT2D eigenvalue weighted by atomic mass is 16.5. The number of benzene rings is 1. The summed E-state index contributed by atoms with van der Waals surface area (Å²) in [5, 5.41) is 4.04. The van der Waals surface area contributed by atoms with Crippen molar-refractivity contribution < 1.29 is 9.26 Å². The number of ether oxygens (including phenoxy) is 1. The summed E-state index contributed by atoms with van der Waals surface area (Å²) in [6.45, 7) is 1.16. The number of aromatic nitrogens is 2. The van der Waals surface area contributed by atoms with Crippen LogP contribution in [0.4, 0.5) is 0 Å². The van der Waals surface area contributed by atoms with E-state index in [-0.39, 0.29) is 5.54 Å². The minimum atomic E-state index is -0.382. The van der Waals surface area contributed by atoms with Crippen LogP contribution in [0.3, 0.4) is 0 Å². The molecule has 21 heavy (non-hydrogen) atoms. The average Bonchev–Trinajstić information content (AvgIpc) is 3.15. The summed E-state index contributed by atoms with van der Waals surface area (Å²) < 4.78 is 10.9. The molecule has 0 aliphatic heterocycles. The van der Waals surface area contributed by atoms with Crippen LogP contribution >= 0.6 is 0 Å². The number of hydrogen-bond acceptors (Lipinski definition) is 5. The Balaban J connectivity index is 1.47. The van der Waals surface area contributed by atoms with E-state index in [4.69, 9.17) is 15.0 Å². The van der Waals surface area contributed by atoms with Gasteiger partial charge in [-0.3, -0.25) is 0 Å². The summed E-state index contributed by atoms with van der Waals surface area (Å²) in [5.74, 6) is 1.26. The Morgan fingerprint density at radius 3 is 2.71 bits per heavy atom. The number of nitrogens with zero attached hydrogens (tertiary/aromatic N) is 2. The van der Waals surface area contributed by atoms with Crippen molar-refractivity contribution in [3.8, 4) is 0 Å². The Morgan fingerprint density at radius 2 is 1.95 bits per heavy atom. The van der Waals surface area contributed by atoms with E-state index in [0.29, 0.717) is 31.3 Å². The van der Waals surface area contributed by atoms with E-state index in [0.717, 1.165) is 31.2 Å². The zero-order valence-corrected chi connectivity index (χ0v) is 12.1. The summed E-state index contributed by atoms with van der Waals surface area (Å²) >= 11 is 0. The van der Waals surface area contributed by atoms with E-state index in [1.807, 2.05) is 30.3 Å². The van der Waals surface area contributed by atoms with Crippen molar-refractivity contribution in [1.29, 1.82) is 0 Å². The number of rotatable bonds is 6. The molecular formula is C16H21N3O2. The largest absolute Gasteiger partial charge is 0.376 e. The summed E-state index contributed by atoms with van der Waals surface area (Å²) in [6, 6.07) is 10.1. The second-order valence-corrected chi connectivity index (χ2v) is 5.66. The first-order valence-corrected chi connectivity index (χ1v) is 7.50. The molecule has 0 amide bonds. The third-order valence-corrected chi connectivity index (χ3v) is 3.98. The van der Waals surface area contributed by atoms with Crippen molar-refractivity contribution in [3.05, 3.63) is 47.6 Å². The van der Waals surface area contributed by atoms with E-state index in [2.05, 4.69) is 10.1 Å². The summed E-state index contributed by atoms with van der Waals surface area (Å²) in [6.07, 6.45) is 4.78. The molecule has 0 bridgehead atoms. The third kappa shape index (κ3) is 3.49. The predicted octanol–water partition coefficient (Wildman–Crippen LogP) is 2.56. The number of nitrogens with two attached hydrogens (primary N) is 1. The van der Waals surface area contributed by atoms with Gasteiger partial charge in [0.25, 0.3) is 0 Å². The molecule has 1 heterocycles. The average molecular weight is 287 g/mol. The Hall–Kier alpha value is -1.72. The molecule has 0 radical (unpaired) electrons. The molecule has 1 aliphatic carbocycles. The molecule has 5 nitrogen and oxygen atoms in total. The first-order valence-electron chi connectivity index (χ1n) is 7.50. The van der Waals surface area contributed by atoms with E-state index in [1.54, 1.807) is 0 Å². The summed E-state index contributed by atoms with van der Waals surface area (Å²) in [5.41, 5.74) is 7.09. The molecular weight excluding hydrogens is 266 g/mol. The highest BCUT2D eigenvalue weighted by molar-refractivity contribution is 5.13. The molecule has 112 valence electrons. The van der Waals surface area contributed by atoms with Crippen molar-refractivity contribution in [2.24, 2.45) is 5.73 Å². The van der Waals surface area contributed by atoms with Gasteiger partial charge in [-0.2, -0.15) is 4.98 Å². The van der Waals surface area contributed by atoms with Gasteiger partial charge < -0.3 is 15.0 Å². The molecule has 3 rings (SSSR count). The Morgan fingerprint density at radius 1 is 1.19 bits per heavy atom. The monoisotopic (exact) mass is 287 g/mol. The van der Waals surface area contributed by atoms with Crippen LogP contribution < -0.4 is 5.73 Å². The Labute approximate surface area is 124 Å². The lowest BCUT2D eigenvalue weighted by Gasteiger charge is -2.17. The lowest BCUT2D eigenvalue weighted by atomic mass is 9.99. The van der Waals surface area contributed by atoms with Crippen molar-refractivity contribution in [2.75, 3.05) is 6.61 Å². The fraction of sp³-hybridized carbons (Fsp3) is 0.500. The van der Waals surface area contributed by atoms with Gasteiger partial charge in [-0.1, -0.05) is 48.3 Å². The Bertz CT molecular complexity index is 562. The second kappa shape index (κ2) is 6.37. The van der Waals surface area contributed by atoms with Gasteiger partial charge in [-0.15, -0.1) is 0 Å². The van der Waals surface area contributed by atoms with Crippen LogP contribution in [0.25, 0.3) is 0 Å². The molecule has 1 aromatic heterocycles. The van der Waals surface area contributed by atoms with Crippen LogP contribution in [0, 0.1) is 0 Å². The first kappa shape index (κ1) is 14.2. The van der Waals surface area contributed by atoms with Crippen LogP contribution in [0.2, 0.25) is 0 Å². The van der Waals surface area contributed by atoms with Crippen LogP contribution in [0.5, 0.6) is 0 Å². The molecule has 0 atom stereocenters. The van der Waals surface area contributed by atoms with E-state index < -0.39 is 0 Å². The van der Waals surface area contributed by atoms with Gasteiger partial charge in [-0.25, -0.2) is 0 Å². The molecule has 1 aromatic carbocycles. The van der Waals surface area contributed by atoms with Gasteiger partial charge in [0.15, 0.2) is 5.82 Å². The maximum Gasteiger partial charge on any atom is 0.229 e. The minimum Gasteiger partial charge on any atom is -0.376 e. The number of hydrogen-bond donors (Lipinski definition) is 1. The van der Waals surface area contributed by atoms with Crippen molar-refractivity contribution >= 4 is 0 Å². The highest BCUT2D eigenvalue weighted by Crippen LogP contribution is 2.34. The van der Waals surface area contributed by atoms with Crippen LogP contribution in [0.15, 0.2) is 34.9 Å². The smallest absolute Gasteiger partial charge is 0.229 e. The maximum atomic E-state index is 6.31. The minimum absolute atomic E-state index is 0.382. The Kier molecular flexibility index (Phi) is 4.31. The maximum absolute atomic E-state index is 6.31. The predicted molar refractivity (Wildman–Crippen MR) is 78.4 cm³/mol. The molecule has 0 unspecified atom stereocenters. The van der Waals surface area contributed by atoms with Crippen LogP contribution in [-0.2, 0) is 23.3 Å². The normalized spacial score (nSPS) is 17.2. The molecule has 1 aliphatic rings. The van der Waals surface area contributed by atoms with E-state index in [9.17, 15) is 0 Å². The third-order valence-electron chi connectivity index (χ3n) is 3.98. The molecule has 0 saturated heterocycles. The van der Waals surface area contributed by atoms with E-state index >= 15 is 0 Å². The molecule has 2 aromatic rings. The van der Waals surface area contributed by atoms with Gasteiger partial charge >= 0.3 is 0 Å². The van der Waals surface area contributed by atoms with Gasteiger partial charge in [0.05, 0.1) is 25.2 Å². The van der Waals surface area contributed by atoms with Gasteiger partial charge in [0.2, 0.25) is 5.89 Å². The zero-order valence-electron chi connectivity index (χ0n) is 12.1. The summed E-state index contributed by atoms with van der Waals surface area (Å²) in [4.78, 5) is 4.43. The molecule has 0 spiro atoms. The fourth-order valence-electron chi connectivity index (χ4n) is 2.71. The first-order chi connectivity index (χ1) is 10.3. The van der Waals surface area contributed by atoms with Crippen LogP contribution in [-0.4, -0.2) is 16.7 Å². The molecule has 5 heteroatoms. The fourth-order valence-corrected chi connectivity index (χ4v) is 2.71. The lowest BCUT2D eigenvalue weighted by Crippen LogP contribution is -2.34. The van der Waals surface area contributed by atoms with Crippen molar-refractivity contribution in [2.45, 2.75) is 44.2 Å². The molecule has 2 N–H and O–H groups in total. The molecule has 1 fully saturated rings. The van der Waals surface area contributed by atoms with Crippen molar-refractivity contribution in [1.82, 2.24) is 10.1 Å². The quantitative estimate of drug-likeness (QED) is 0.826.